The number of carbonyl (C=O) groups is 2. The van der Waals surface area contributed by atoms with Gasteiger partial charge in [-0.1, -0.05) is 102 Å². The summed E-state index contributed by atoms with van der Waals surface area (Å²) in [5.41, 5.74) is 4.06. The maximum Gasteiger partial charge on any atom is 0.301 e. The smallest absolute Gasteiger partial charge is 0.301 e. The van der Waals surface area contributed by atoms with Gasteiger partial charge in [0.1, 0.15) is 23.9 Å². The largest absolute Gasteiger partial charge is 0.507 e. The summed E-state index contributed by atoms with van der Waals surface area (Å²) in [5, 5.41) is 21.1. The topological polar surface area (TPSA) is 102 Å². The molecular weight excluding hydrogens is 666 g/mol. The van der Waals surface area contributed by atoms with Crippen LogP contribution in [-0.2, 0) is 21.9 Å². The molecule has 0 aliphatic carbocycles. The molecule has 4 aromatic carbocycles. The number of aryl methyl sites for hydroxylation is 1. The third-order valence-electron chi connectivity index (χ3n) is 7.64. The molecule has 1 fully saturated rings. The van der Waals surface area contributed by atoms with Gasteiger partial charge < -0.3 is 14.6 Å². The van der Waals surface area contributed by atoms with Crippen molar-refractivity contribution >= 4 is 57.3 Å². The number of aliphatic hydroxyl groups is 1. The molecule has 244 valence electrons. The molecule has 5 aromatic rings. The minimum atomic E-state index is -0.947. The number of rotatable bonds is 12. The highest BCUT2D eigenvalue weighted by Crippen LogP contribution is 2.44. The second-order valence-corrected chi connectivity index (χ2v) is 13.7. The van der Waals surface area contributed by atoms with E-state index in [9.17, 15) is 14.7 Å². The van der Waals surface area contributed by atoms with Crippen LogP contribution in [0.15, 0.2) is 107 Å². The van der Waals surface area contributed by atoms with Crippen LogP contribution in [0.3, 0.4) is 0 Å². The molecule has 6 rings (SSSR count). The Hall–Kier alpha value is -4.64. The lowest BCUT2D eigenvalue weighted by atomic mass is 9.95. The second kappa shape index (κ2) is 15.1. The Bertz CT molecular complexity index is 1960. The molecule has 1 saturated heterocycles. The minimum Gasteiger partial charge on any atom is -0.507 e. The van der Waals surface area contributed by atoms with Gasteiger partial charge in [0.05, 0.1) is 18.2 Å². The lowest BCUT2D eigenvalue weighted by molar-refractivity contribution is -0.132. The molecule has 8 nitrogen and oxygen atoms in total. The first kappa shape index (κ1) is 33.3. The number of hydrogen-bond donors (Lipinski definition) is 1. The van der Waals surface area contributed by atoms with Crippen molar-refractivity contribution in [3.8, 4) is 11.5 Å². The summed E-state index contributed by atoms with van der Waals surface area (Å²) >= 11 is 8.96. The summed E-state index contributed by atoms with van der Waals surface area (Å²) in [6, 6.07) is 28.6. The van der Waals surface area contributed by atoms with Crippen LogP contribution in [-0.4, -0.2) is 33.6 Å². The van der Waals surface area contributed by atoms with Gasteiger partial charge in [0.15, 0.2) is 4.34 Å². The second-order valence-electron chi connectivity index (χ2n) is 11.1. The van der Waals surface area contributed by atoms with Crippen LogP contribution in [0.25, 0.3) is 5.76 Å². The van der Waals surface area contributed by atoms with Crippen LogP contribution in [0.2, 0.25) is 5.02 Å². The standard InChI is InChI=1S/C37H32ClN3O5S2/c1-3-19-45-28-15-11-25(12-16-28)32-31(33(42)26-13-17-29(18-14-26)46-21-24-8-6-7-23(2)20-24)34(43)35(44)41(32)36-39-40-37(48-36)47-22-27-9-4-5-10-30(27)38/h4-18,20,32,42H,3,19,21-22H2,1-2H3. The number of hydrogen-bond acceptors (Lipinski definition) is 9. The zero-order valence-electron chi connectivity index (χ0n) is 26.3. The number of benzene rings is 4. The van der Waals surface area contributed by atoms with Crippen LogP contribution in [0.1, 0.15) is 47.2 Å². The van der Waals surface area contributed by atoms with Gasteiger partial charge in [-0.05, 0) is 72.5 Å². The molecule has 1 aliphatic heterocycles. The van der Waals surface area contributed by atoms with Gasteiger partial charge in [0.2, 0.25) is 5.13 Å². The van der Waals surface area contributed by atoms with E-state index in [1.54, 1.807) is 48.5 Å². The molecule has 48 heavy (non-hydrogen) atoms. The molecule has 0 saturated carbocycles. The van der Waals surface area contributed by atoms with Gasteiger partial charge in [0, 0.05) is 16.3 Å². The molecule has 2 heterocycles. The molecule has 1 amide bonds. The van der Waals surface area contributed by atoms with Gasteiger partial charge in [-0.3, -0.25) is 14.5 Å². The number of carbonyl (C=O) groups excluding carboxylic acids is 2. The van der Waals surface area contributed by atoms with Crippen LogP contribution < -0.4 is 14.4 Å². The average Bonchev–Trinajstić information content (AvgIpc) is 3.67. The predicted molar refractivity (Wildman–Crippen MR) is 190 cm³/mol. The third-order valence-corrected chi connectivity index (χ3v) is 10.1. The maximum atomic E-state index is 13.7. The highest BCUT2D eigenvalue weighted by atomic mass is 35.5. The molecule has 1 atom stereocenters. The molecule has 1 aromatic heterocycles. The fourth-order valence-corrected chi connectivity index (χ4v) is 7.41. The number of thioether (sulfide) groups is 1. The van der Waals surface area contributed by atoms with E-state index in [1.807, 2.05) is 56.3 Å². The predicted octanol–water partition coefficient (Wildman–Crippen LogP) is 8.79. The van der Waals surface area contributed by atoms with E-state index in [0.717, 1.165) is 23.1 Å². The van der Waals surface area contributed by atoms with E-state index in [-0.39, 0.29) is 16.5 Å². The average molecular weight is 698 g/mol. The summed E-state index contributed by atoms with van der Waals surface area (Å²) in [5.74, 6) is -0.0963. The van der Waals surface area contributed by atoms with E-state index in [2.05, 4.69) is 16.3 Å². The Kier molecular flexibility index (Phi) is 10.4. The fourth-order valence-electron chi connectivity index (χ4n) is 5.26. The highest BCUT2D eigenvalue weighted by molar-refractivity contribution is 8.00. The Balaban J connectivity index is 1.31. The molecule has 1 N–H and O–H groups in total. The lowest BCUT2D eigenvalue weighted by Gasteiger charge is -2.22. The number of anilines is 1. The van der Waals surface area contributed by atoms with E-state index in [0.29, 0.717) is 51.0 Å². The normalized spacial score (nSPS) is 15.6. The van der Waals surface area contributed by atoms with Gasteiger partial charge in [0.25, 0.3) is 5.78 Å². The van der Waals surface area contributed by atoms with Crippen molar-refractivity contribution in [3.63, 3.8) is 0 Å². The van der Waals surface area contributed by atoms with Crippen molar-refractivity contribution in [1.29, 1.82) is 0 Å². The Morgan fingerprint density at radius 1 is 0.938 bits per heavy atom. The number of amides is 1. The molecular formula is C37H32ClN3O5S2. The van der Waals surface area contributed by atoms with Crippen LogP contribution in [0.4, 0.5) is 5.13 Å². The van der Waals surface area contributed by atoms with Crippen LogP contribution >= 0.6 is 34.7 Å². The number of halogens is 1. The SMILES string of the molecule is CCCOc1ccc(C2C(=C(O)c3ccc(OCc4cccc(C)c4)cc3)C(=O)C(=O)N2c2nnc(SCc3ccccc3Cl)s2)cc1. The van der Waals surface area contributed by atoms with Crippen molar-refractivity contribution in [2.24, 2.45) is 0 Å². The van der Waals surface area contributed by atoms with Crippen LogP contribution in [0, 0.1) is 6.92 Å². The molecule has 11 heteroatoms. The first-order valence-electron chi connectivity index (χ1n) is 15.3. The summed E-state index contributed by atoms with van der Waals surface area (Å²) in [6.07, 6.45) is 0.853. The van der Waals surface area contributed by atoms with E-state index < -0.39 is 17.7 Å². The molecule has 0 radical (unpaired) electrons. The minimum absolute atomic E-state index is 0.0453. The quantitative estimate of drug-likeness (QED) is 0.0454. The van der Waals surface area contributed by atoms with Crippen molar-refractivity contribution in [2.75, 3.05) is 11.5 Å². The van der Waals surface area contributed by atoms with Gasteiger partial charge in [-0.2, -0.15) is 0 Å². The number of nitrogens with zero attached hydrogens (tertiary/aromatic N) is 3. The zero-order valence-corrected chi connectivity index (χ0v) is 28.6. The number of ether oxygens (including phenoxy) is 2. The lowest BCUT2D eigenvalue weighted by Crippen LogP contribution is -2.29. The summed E-state index contributed by atoms with van der Waals surface area (Å²) < 4.78 is 12.3. The maximum absolute atomic E-state index is 13.7. The molecule has 0 spiro atoms. The first-order valence-corrected chi connectivity index (χ1v) is 17.5. The fraction of sp³-hybridized carbons (Fsp3) is 0.189. The molecule has 1 unspecified atom stereocenters. The van der Waals surface area contributed by atoms with Crippen molar-refractivity contribution in [1.82, 2.24) is 10.2 Å². The van der Waals surface area contributed by atoms with E-state index in [4.69, 9.17) is 21.1 Å². The number of Topliss-reactive ketones (excluding diaryl/α,β-unsaturated/α-hetero) is 1. The monoisotopic (exact) mass is 697 g/mol. The van der Waals surface area contributed by atoms with Crippen molar-refractivity contribution in [3.05, 3.63) is 135 Å². The van der Waals surface area contributed by atoms with Crippen molar-refractivity contribution < 1.29 is 24.2 Å². The Morgan fingerprint density at radius 3 is 2.40 bits per heavy atom. The Labute approximate surface area is 292 Å². The zero-order chi connectivity index (χ0) is 33.6. The number of aliphatic hydroxyl groups excluding tert-OH is 1. The van der Waals surface area contributed by atoms with Crippen molar-refractivity contribution in [2.45, 2.75) is 43.0 Å². The Morgan fingerprint density at radius 2 is 1.67 bits per heavy atom. The first-order chi connectivity index (χ1) is 23.3. The van der Waals surface area contributed by atoms with Gasteiger partial charge in [-0.25, -0.2) is 0 Å². The van der Waals surface area contributed by atoms with E-state index in [1.165, 1.54) is 28.0 Å². The summed E-state index contributed by atoms with van der Waals surface area (Å²) in [7, 11) is 0. The third kappa shape index (κ3) is 7.41. The number of ketones is 1. The summed E-state index contributed by atoms with van der Waals surface area (Å²) in [6.45, 7) is 4.99. The molecule has 0 bridgehead atoms. The molecule has 1 aliphatic rings. The van der Waals surface area contributed by atoms with Gasteiger partial charge in [-0.15, -0.1) is 10.2 Å². The summed E-state index contributed by atoms with van der Waals surface area (Å²) in [4.78, 5) is 28.7. The van der Waals surface area contributed by atoms with E-state index >= 15 is 0 Å². The van der Waals surface area contributed by atoms with Crippen LogP contribution in [0.5, 0.6) is 11.5 Å². The van der Waals surface area contributed by atoms with Gasteiger partial charge >= 0.3 is 5.91 Å². The number of aromatic nitrogens is 2. The highest BCUT2D eigenvalue weighted by Gasteiger charge is 2.48.